The minimum absolute atomic E-state index is 0.00341. The van der Waals surface area contributed by atoms with Crippen molar-refractivity contribution in [1.29, 1.82) is 0 Å². The molecule has 1 fully saturated rings. The van der Waals surface area contributed by atoms with Gasteiger partial charge in [-0.3, -0.25) is 14.5 Å². The third-order valence-electron chi connectivity index (χ3n) is 6.36. The quantitative estimate of drug-likeness (QED) is 0.0517. The molecule has 2 heterocycles. The summed E-state index contributed by atoms with van der Waals surface area (Å²) in [4.78, 5) is 28.1. The monoisotopic (exact) mass is 591 g/mol. The van der Waals surface area contributed by atoms with E-state index in [-0.39, 0.29) is 16.5 Å². The number of rotatable bonds is 10. The van der Waals surface area contributed by atoms with Gasteiger partial charge in [0, 0.05) is 16.3 Å². The van der Waals surface area contributed by atoms with Gasteiger partial charge in [-0.25, -0.2) is 0 Å². The molecule has 1 aliphatic heterocycles. The van der Waals surface area contributed by atoms with E-state index >= 15 is 0 Å². The third-order valence-corrected chi connectivity index (χ3v) is 8.84. The molecule has 1 aromatic heterocycles. The first-order valence-corrected chi connectivity index (χ1v) is 14.9. The number of carbonyl (C=O) groups is 2. The van der Waals surface area contributed by atoms with Crippen LogP contribution < -0.4 is 9.64 Å². The van der Waals surface area contributed by atoms with E-state index in [1.54, 1.807) is 24.3 Å². The predicted octanol–water partition coefficient (Wildman–Crippen LogP) is 7.29. The van der Waals surface area contributed by atoms with Crippen LogP contribution in [0.3, 0.4) is 0 Å². The number of carbonyl (C=O) groups excluding carboxylic acids is 2. The molecule has 0 saturated carbocycles. The summed E-state index contributed by atoms with van der Waals surface area (Å²) in [6.07, 6.45) is 1.96. The highest BCUT2D eigenvalue weighted by molar-refractivity contribution is 8.00. The minimum atomic E-state index is -0.865. The number of amides is 1. The highest BCUT2D eigenvalue weighted by Gasteiger charge is 2.48. The molecule has 0 aliphatic carbocycles. The maximum atomic E-state index is 13.4. The lowest BCUT2D eigenvalue weighted by atomic mass is 9.95. The number of aromatic nitrogens is 2. The average Bonchev–Trinajstić information content (AvgIpc) is 3.55. The molecule has 5 rings (SSSR count). The number of anilines is 1. The van der Waals surface area contributed by atoms with Gasteiger partial charge in [-0.2, -0.15) is 0 Å². The van der Waals surface area contributed by atoms with Crippen molar-refractivity contribution in [3.05, 3.63) is 106 Å². The number of halogens is 1. The van der Waals surface area contributed by atoms with Gasteiger partial charge in [0.15, 0.2) is 4.34 Å². The molecule has 10 heteroatoms. The van der Waals surface area contributed by atoms with Gasteiger partial charge in [-0.05, 0) is 47.9 Å². The van der Waals surface area contributed by atoms with Gasteiger partial charge in [0.25, 0.3) is 5.78 Å². The zero-order valence-electron chi connectivity index (χ0n) is 21.6. The molecule has 0 spiro atoms. The molecule has 1 saturated heterocycles. The second-order valence-electron chi connectivity index (χ2n) is 9.04. The fraction of sp³-hybridized carbons (Fsp3) is 0.200. The van der Waals surface area contributed by atoms with Crippen molar-refractivity contribution in [3.8, 4) is 5.75 Å². The molecule has 3 aromatic carbocycles. The van der Waals surface area contributed by atoms with Crippen molar-refractivity contribution in [2.45, 2.75) is 35.9 Å². The van der Waals surface area contributed by atoms with Crippen LogP contribution in [0.5, 0.6) is 5.75 Å². The molecule has 1 unspecified atom stereocenters. The first kappa shape index (κ1) is 27.9. The lowest BCUT2D eigenvalue weighted by Crippen LogP contribution is -2.29. The van der Waals surface area contributed by atoms with Crippen LogP contribution >= 0.6 is 34.7 Å². The van der Waals surface area contributed by atoms with Crippen LogP contribution in [0.15, 0.2) is 88.8 Å². The number of aliphatic hydroxyl groups excluding tert-OH is 1. The minimum Gasteiger partial charge on any atom is -0.507 e. The molecular formula is C30H26ClN3O4S2. The van der Waals surface area contributed by atoms with Crippen LogP contribution in [0, 0.1) is 0 Å². The second-order valence-corrected chi connectivity index (χ2v) is 11.6. The average molecular weight is 592 g/mol. The van der Waals surface area contributed by atoms with Gasteiger partial charge >= 0.3 is 5.91 Å². The number of ketones is 1. The molecule has 1 aliphatic rings. The zero-order valence-corrected chi connectivity index (χ0v) is 24.0. The Kier molecular flexibility index (Phi) is 8.84. The Morgan fingerprint density at radius 3 is 2.48 bits per heavy atom. The first-order chi connectivity index (χ1) is 19.5. The van der Waals surface area contributed by atoms with Gasteiger partial charge in [-0.15, -0.1) is 10.2 Å². The fourth-order valence-electron chi connectivity index (χ4n) is 4.29. The number of aliphatic hydroxyl groups is 1. The van der Waals surface area contributed by atoms with Gasteiger partial charge < -0.3 is 9.84 Å². The predicted molar refractivity (Wildman–Crippen MR) is 159 cm³/mol. The van der Waals surface area contributed by atoms with Crippen LogP contribution in [-0.4, -0.2) is 33.6 Å². The molecule has 0 radical (unpaired) electrons. The number of hydrogen-bond acceptors (Lipinski definition) is 8. The summed E-state index contributed by atoms with van der Waals surface area (Å²) in [5.41, 5.74) is 2.03. The Hall–Kier alpha value is -3.66. The largest absolute Gasteiger partial charge is 0.507 e. The molecule has 7 nitrogen and oxygen atoms in total. The molecule has 40 heavy (non-hydrogen) atoms. The van der Waals surface area contributed by atoms with Crippen molar-refractivity contribution < 1.29 is 19.4 Å². The number of Topliss-reactive ketones (excluding diaryl/α,β-unsaturated/α-hetero) is 1. The van der Waals surface area contributed by atoms with E-state index < -0.39 is 17.7 Å². The van der Waals surface area contributed by atoms with Crippen LogP contribution in [0.25, 0.3) is 5.76 Å². The fourth-order valence-corrected chi connectivity index (χ4v) is 6.45. The first-order valence-electron chi connectivity index (χ1n) is 12.8. The van der Waals surface area contributed by atoms with Crippen LogP contribution in [0.2, 0.25) is 5.02 Å². The van der Waals surface area contributed by atoms with E-state index in [9.17, 15) is 14.7 Å². The zero-order chi connectivity index (χ0) is 28.1. The highest BCUT2D eigenvalue weighted by atomic mass is 35.5. The maximum Gasteiger partial charge on any atom is 0.301 e. The summed E-state index contributed by atoms with van der Waals surface area (Å²) in [6.45, 7) is 2.69. The third kappa shape index (κ3) is 5.91. The summed E-state index contributed by atoms with van der Waals surface area (Å²) < 4.78 is 6.34. The van der Waals surface area contributed by atoms with E-state index in [1.165, 1.54) is 28.0 Å². The summed E-state index contributed by atoms with van der Waals surface area (Å²) in [5.74, 6) is -0.565. The highest BCUT2D eigenvalue weighted by Crippen LogP contribution is 2.44. The molecule has 1 amide bonds. The summed E-state index contributed by atoms with van der Waals surface area (Å²) in [5, 5.41) is 20.8. The Balaban J connectivity index is 1.47. The lowest BCUT2D eigenvalue weighted by Gasteiger charge is -2.22. The Labute approximate surface area is 245 Å². The van der Waals surface area contributed by atoms with Gasteiger partial charge in [0.1, 0.15) is 11.5 Å². The number of benzene rings is 3. The molecule has 204 valence electrons. The molecule has 1 N–H and O–H groups in total. The van der Waals surface area contributed by atoms with Crippen LogP contribution in [-0.2, 0) is 15.3 Å². The molecule has 0 bridgehead atoms. The number of hydrogen-bond donors (Lipinski definition) is 1. The molecule has 4 aromatic rings. The number of thioether (sulfide) groups is 1. The van der Waals surface area contributed by atoms with Crippen molar-refractivity contribution >= 4 is 57.3 Å². The van der Waals surface area contributed by atoms with Gasteiger partial charge in [0.05, 0.1) is 18.2 Å². The summed E-state index contributed by atoms with van der Waals surface area (Å²) in [7, 11) is 0. The SMILES string of the molecule is CCCCOc1ccc(/C(O)=C2/C(=O)C(=O)N(c3nnc(SCc4ccccc4Cl)s3)C2c2ccccc2)cc1. The van der Waals surface area contributed by atoms with E-state index in [0.717, 1.165) is 18.4 Å². The van der Waals surface area contributed by atoms with Gasteiger partial charge in [-0.1, -0.05) is 96.6 Å². The standard InChI is InChI=1S/C30H26ClN3O4S2/c1-2-3-17-38-22-15-13-20(14-16-22)26(35)24-25(19-9-5-4-6-10-19)34(28(37)27(24)36)29-32-33-30(40-29)39-18-21-11-7-8-12-23(21)31/h4-16,25,35H,2-3,17-18H2,1H3/b26-24-. The van der Waals surface area contributed by atoms with Crippen LogP contribution in [0.1, 0.15) is 42.5 Å². The smallest absolute Gasteiger partial charge is 0.301 e. The normalized spacial score (nSPS) is 16.4. The second kappa shape index (κ2) is 12.7. The Morgan fingerprint density at radius 1 is 1.02 bits per heavy atom. The summed E-state index contributed by atoms with van der Waals surface area (Å²) in [6, 6.07) is 22.7. The van der Waals surface area contributed by atoms with Crippen molar-refractivity contribution in [2.75, 3.05) is 11.5 Å². The number of unbranched alkanes of at least 4 members (excludes halogenated alkanes) is 1. The molecule has 1 atom stereocenters. The summed E-state index contributed by atoms with van der Waals surface area (Å²) >= 11 is 8.94. The Bertz CT molecular complexity index is 1540. The number of nitrogens with zero attached hydrogens (tertiary/aromatic N) is 3. The number of ether oxygens (including phenoxy) is 1. The van der Waals surface area contributed by atoms with E-state index in [0.29, 0.717) is 38.6 Å². The van der Waals surface area contributed by atoms with E-state index in [1.807, 2.05) is 54.6 Å². The lowest BCUT2D eigenvalue weighted by molar-refractivity contribution is -0.132. The Morgan fingerprint density at radius 2 is 1.75 bits per heavy atom. The van der Waals surface area contributed by atoms with Crippen molar-refractivity contribution in [2.24, 2.45) is 0 Å². The van der Waals surface area contributed by atoms with Crippen LogP contribution in [0.4, 0.5) is 5.13 Å². The van der Waals surface area contributed by atoms with Crippen molar-refractivity contribution in [1.82, 2.24) is 10.2 Å². The topological polar surface area (TPSA) is 92.6 Å². The van der Waals surface area contributed by atoms with Gasteiger partial charge in [0.2, 0.25) is 5.13 Å². The molecular weight excluding hydrogens is 566 g/mol. The van der Waals surface area contributed by atoms with E-state index in [2.05, 4.69) is 17.1 Å². The maximum absolute atomic E-state index is 13.4. The van der Waals surface area contributed by atoms with E-state index in [4.69, 9.17) is 16.3 Å². The van der Waals surface area contributed by atoms with Crippen molar-refractivity contribution in [3.63, 3.8) is 0 Å².